The monoisotopic (exact) mass is 423 g/mol. The number of likely N-dealkylation sites (tertiary alicyclic amines) is 1. The van der Waals surface area contributed by atoms with Crippen LogP contribution in [-0.4, -0.2) is 62.3 Å². The summed E-state index contributed by atoms with van der Waals surface area (Å²) in [5.74, 6) is -1.17. The highest BCUT2D eigenvalue weighted by Gasteiger charge is 2.30. The predicted octanol–water partition coefficient (Wildman–Crippen LogP) is 2.77. The summed E-state index contributed by atoms with van der Waals surface area (Å²) in [5.41, 5.74) is 1.47. The molecule has 29 heavy (non-hydrogen) atoms. The summed E-state index contributed by atoms with van der Waals surface area (Å²) in [5, 5.41) is 2.98. The van der Waals surface area contributed by atoms with E-state index in [1.807, 2.05) is 0 Å². The van der Waals surface area contributed by atoms with Crippen molar-refractivity contribution in [3.8, 4) is 0 Å². The maximum Gasteiger partial charge on any atom is 0.251 e. The average Bonchev–Trinajstić information content (AvgIpc) is 3.23. The number of amides is 1. The van der Waals surface area contributed by atoms with Crippen LogP contribution in [0.4, 0.5) is 4.39 Å². The summed E-state index contributed by atoms with van der Waals surface area (Å²) in [6, 6.07) is 3.62. The van der Waals surface area contributed by atoms with Gasteiger partial charge in [-0.05, 0) is 57.7 Å². The van der Waals surface area contributed by atoms with Crippen LogP contribution in [0.15, 0.2) is 34.7 Å². The molecule has 2 saturated heterocycles. The van der Waals surface area contributed by atoms with Crippen LogP contribution < -0.4 is 5.32 Å². The first-order valence-electron chi connectivity index (χ1n) is 10.2. The Morgan fingerprint density at radius 2 is 1.83 bits per heavy atom. The van der Waals surface area contributed by atoms with E-state index in [0.717, 1.165) is 51.4 Å². The van der Waals surface area contributed by atoms with E-state index in [0.29, 0.717) is 13.1 Å². The largest absolute Gasteiger partial charge is 0.349 e. The fourth-order valence-electron chi connectivity index (χ4n) is 3.75. The van der Waals surface area contributed by atoms with Crippen molar-refractivity contribution in [1.82, 2.24) is 14.5 Å². The lowest BCUT2D eigenvalue weighted by molar-refractivity contribution is 0.0913. The van der Waals surface area contributed by atoms with E-state index in [4.69, 9.17) is 0 Å². The van der Waals surface area contributed by atoms with Gasteiger partial charge in [0.25, 0.3) is 5.91 Å². The summed E-state index contributed by atoms with van der Waals surface area (Å²) in [4.78, 5) is 14.6. The number of hydrogen-bond acceptors (Lipinski definition) is 4. The molecule has 2 aliphatic heterocycles. The molecule has 1 aromatic rings. The van der Waals surface area contributed by atoms with Gasteiger partial charge in [-0.25, -0.2) is 12.8 Å². The molecule has 0 spiro atoms. The molecule has 0 aromatic heterocycles. The fourth-order valence-corrected chi connectivity index (χ4v) is 5.36. The number of carbonyl (C=O) groups excluding carboxylic acids is 1. The Morgan fingerprint density at radius 1 is 1.17 bits per heavy atom. The number of rotatable bonds is 6. The maximum absolute atomic E-state index is 14.3. The second-order valence-corrected chi connectivity index (χ2v) is 9.99. The zero-order chi connectivity index (χ0) is 21.0. The molecule has 0 saturated carbocycles. The molecule has 8 heteroatoms. The molecule has 1 N–H and O–H groups in total. The number of allylic oxidation sites excluding steroid dienone is 1. The lowest BCUT2D eigenvalue weighted by Gasteiger charge is -2.31. The van der Waals surface area contributed by atoms with Crippen LogP contribution in [0.5, 0.6) is 0 Å². The molecule has 3 rings (SSSR count). The van der Waals surface area contributed by atoms with Crippen LogP contribution in [0, 0.1) is 5.82 Å². The number of carbonyl (C=O) groups is 1. The quantitative estimate of drug-likeness (QED) is 0.715. The van der Waals surface area contributed by atoms with Crippen molar-refractivity contribution in [2.45, 2.75) is 50.5 Å². The lowest BCUT2D eigenvalue weighted by atomic mass is 10.0. The summed E-state index contributed by atoms with van der Waals surface area (Å²) in [7, 11) is -3.91. The Labute approximate surface area is 172 Å². The standard InChI is InChI=1S/C21H30FN3O3S/c1-16(2)7-12-24-13-8-18(9-14-24)23-21(26)17-5-6-19(22)20(15-17)29(27,28)25-10-3-4-11-25/h5-7,15,18H,3-4,8-14H2,1-2H3,(H,23,26). The zero-order valence-electron chi connectivity index (χ0n) is 17.2. The second kappa shape index (κ2) is 9.36. The number of sulfonamides is 1. The van der Waals surface area contributed by atoms with Gasteiger partial charge in [0.05, 0.1) is 0 Å². The maximum atomic E-state index is 14.3. The Morgan fingerprint density at radius 3 is 2.45 bits per heavy atom. The minimum Gasteiger partial charge on any atom is -0.349 e. The van der Waals surface area contributed by atoms with E-state index < -0.39 is 20.7 Å². The van der Waals surface area contributed by atoms with Gasteiger partial charge in [-0.1, -0.05) is 11.6 Å². The third-order valence-corrected chi connectivity index (χ3v) is 7.47. The molecule has 2 aliphatic rings. The third kappa shape index (κ3) is 5.43. The van der Waals surface area contributed by atoms with Crippen LogP contribution in [0.1, 0.15) is 49.9 Å². The van der Waals surface area contributed by atoms with Crippen molar-refractivity contribution in [2.75, 3.05) is 32.7 Å². The number of piperidine rings is 1. The minimum atomic E-state index is -3.91. The normalized spacial score (nSPS) is 19.3. The molecule has 1 aromatic carbocycles. The number of nitrogens with one attached hydrogen (secondary N) is 1. The molecule has 0 bridgehead atoms. The van der Waals surface area contributed by atoms with E-state index >= 15 is 0 Å². The van der Waals surface area contributed by atoms with Gasteiger partial charge in [0, 0.05) is 44.3 Å². The minimum absolute atomic E-state index is 0.0362. The van der Waals surface area contributed by atoms with Crippen molar-refractivity contribution < 1.29 is 17.6 Å². The van der Waals surface area contributed by atoms with Gasteiger partial charge in [-0.2, -0.15) is 4.31 Å². The summed E-state index contributed by atoms with van der Waals surface area (Å²) in [6.45, 7) is 7.65. The Balaban J connectivity index is 1.64. The molecule has 0 aliphatic carbocycles. The van der Waals surface area contributed by atoms with E-state index in [-0.39, 0.29) is 17.5 Å². The smallest absolute Gasteiger partial charge is 0.251 e. The first-order valence-corrected chi connectivity index (χ1v) is 11.7. The summed E-state index contributed by atoms with van der Waals surface area (Å²) >= 11 is 0. The Kier molecular flexibility index (Phi) is 7.08. The average molecular weight is 424 g/mol. The molecule has 2 fully saturated rings. The molecule has 6 nitrogen and oxygen atoms in total. The summed E-state index contributed by atoms with van der Waals surface area (Å²) in [6.07, 6.45) is 5.41. The van der Waals surface area contributed by atoms with Crippen LogP contribution in [0.3, 0.4) is 0 Å². The van der Waals surface area contributed by atoms with Crippen molar-refractivity contribution in [3.05, 3.63) is 41.2 Å². The molecular weight excluding hydrogens is 393 g/mol. The van der Waals surface area contributed by atoms with Gasteiger partial charge >= 0.3 is 0 Å². The van der Waals surface area contributed by atoms with Gasteiger partial charge in [0.15, 0.2) is 0 Å². The molecular formula is C21H30FN3O3S. The highest BCUT2D eigenvalue weighted by molar-refractivity contribution is 7.89. The van der Waals surface area contributed by atoms with Crippen molar-refractivity contribution >= 4 is 15.9 Å². The molecule has 0 atom stereocenters. The molecule has 1 amide bonds. The second-order valence-electron chi connectivity index (χ2n) is 8.09. The molecule has 0 radical (unpaired) electrons. The first kappa shape index (κ1) is 21.9. The van der Waals surface area contributed by atoms with Crippen LogP contribution in [0.25, 0.3) is 0 Å². The van der Waals surface area contributed by atoms with E-state index in [2.05, 4.69) is 30.1 Å². The topological polar surface area (TPSA) is 69.7 Å². The fraction of sp³-hybridized carbons (Fsp3) is 0.571. The SMILES string of the molecule is CC(C)=CCN1CCC(NC(=O)c2ccc(F)c(S(=O)(=O)N3CCCC3)c2)CC1. The van der Waals surface area contributed by atoms with Crippen molar-refractivity contribution in [3.63, 3.8) is 0 Å². The molecule has 2 heterocycles. The molecule has 0 unspecified atom stereocenters. The lowest BCUT2D eigenvalue weighted by Crippen LogP contribution is -2.44. The third-order valence-electron chi connectivity index (χ3n) is 5.56. The van der Waals surface area contributed by atoms with Crippen molar-refractivity contribution in [2.24, 2.45) is 0 Å². The number of nitrogens with zero attached hydrogens (tertiary/aromatic N) is 2. The van der Waals surface area contributed by atoms with Gasteiger partial charge < -0.3 is 5.32 Å². The Hall–Kier alpha value is -1.77. The zero-order valence-corrected chi connectivity index (χ0v) is 18.0. The van der Waals surface area contributed by atoms with Crippen LogP contribution in [-0.2, 0) is 10.0 Å². The van der Waals surface area contributed by atoms with Crippen LogP contribution >= 0.6 is 0 Å². The van der Waals surface area contributed by atoms with Gasteiger partial charge in [-0.3, -0.25) is 9.69 Å². The van der Waals surface area contributed by atoms with Gasteiger partial charge in [-0.15, -0.1) is 0 Å². The van der Waals surface area contributed by atoms with Crippen LogP contribution in [0.2, 0.25) is 0 Å². The molecule has 160 valence electrons. The Bertz CT molecular complexity index is 867. The number of halogens is 1. The summed E-state index contributed by atoms with van der Waals surface area (Å²) < 4.78 is 41.0. The first-order chi connectivity index (χ1) is 13.8. The van der Waals surface area contributed by atoms with E-state index in [9.17, 15) is 17.6 Å². The van der Waals surface area contributed by atoms with Gasteiger partial charge in [0.2, 0.25) is 10.0 Å². The van der Waals surface area contributed by atoms with E-state index in [1.54, 1.807) is 0 Å². The highest BCUT2D eigenvalue weighted by Crippen LogP contribution is 2.24. The highest BCUT2D eigenvalue weighted by atomic mass is 32.2. The van der Waals surface area contributed by atoms with Crippen molar-refractivity contribution in [1.29, 1.82) is 0 Å². The van der Waals surface area contributed by atoms with E-state index in [1.165, 1.54) is 22.0 Å². The number of hydrogen-bond donors (Lipinski definition) is 1. The number of benzene rings is 1. The predicted molar refractivity (Wildman–Crippen MR) is 111 cm³/mol. The van der Waals surface area contributed by atoms with Gasteiger partial charge in [0.1, 0.15) is 10.7 Å².